The van der Waals surface area contributed by atoms with Gasteiger partial charge >= 0.3 is 6.61 Å². The lowest BCUT2D eigenvalue weighted by atomic mass is 10.1. The zero-order valence-electron chi connectivity index (χ0n) is 17.9. The van der Waals surface area contributed by atoms with Crippen molar-refractivity contribution >= 4 is 34.2 Å². The molecule has 2 heterocycles. The molecule has 0 bridgehead atoms. The Kier molecular flexibility index (Phi) is 7.02. The Labute approximate surface area is 192 Å². The Morgan fingerprint density at radius 3 is 2.58 bits per heavy atom. The molecular weight excluding hydrogens is 450 g/mol. The van der Waals surface area contributed by atoms with E-state index in [1.807, 2.05) is 18.2 Å². The number of thioether (sulfide) groups is 1. The number of Topliss-reactive ketones (excluding diaryl/α,β-unsaturated/α-hetero) is 1. The number of alkyl halides is 2. The number of unbranched alkanes of at least 4 members (excludes halogenated alkanes) is 2. The maximum absolute atomic E-state index is 13.1. The number of aryl methyl sites for hydroxylation is 1. The van der Waals surface area contributed by atoms with Crippen molar-refractivity contribution in [3.63, 3.8) is 0 Å². The lowest BCUT2D eigenvalue weighted by Gasteiger charge is -2.11. The third-order valence-electron chi connectivity index (χ3n) is 5.20. The number of aromatic nitrogens is 4. The van der Waals surface area contributed by atoms with Gasteiger partial charge in [0.25, 0.3) is 5.56 Å². The molecule has 0 spiro atoms. The minimum atomic E-state index is -2.92. The van der Waals surface area contributed by atoms with Crippen LogP contribution in [0.15, 0.2) is 58.5 Å². The third kappa shape index (κ3) is 4.90. The molecule has 0 radical (unpaired) electrons. The van der Waals surface area contributed by atoms with Crippen LogP contribution in [0, 0.1) is 0 Å². The quantitative estimate of drug-likeness (QED) is 0.187. The van der Waals surface area contributed by atoms with Crippen LogP contribution in [0.5, 0.6) is 5.75 Å². The van der Waals surface area contributed by atoms with Crippen LogP contribution >= 0.6 is 11.8 Å². The van der Waals surface area contributed by atoms with Gasteiger partial charge in [0.15, 0.2) is 10.9 Å². The van der Waals surface area contributed by atoms with Crippen molar-refractivity contribution in [2.45, 2.75) is 44.5 Å². The van der Waals surface area contributed by atoms with Crippen LogP contribution in [0.4, 0.5) is 8.78 Å². The van der Waals surface area contributed by atoms with E-state index in [1.54, 1.807) is 15.0 Å². The summed E-state index contributed by atoms with van der Waals surface area (Å²) in [5.41, 5.74) is 0.942. The molecule has 2 aromatic carbocycles. The number of nitrogens with zero attached hydrogens (tertiary/aromatic N) is 4. The van der Waals surface area contributed by atoms with Crippen molar-refractivity contribution in [1.82, 2.24) is 19.2 Å². The third-order valence-corrected chi connectivity index (χ3v) is 6.13. The van der Waals surface area contributed by atoms with Gasteiger partial charge in [-0.05, 0) is 42.8 Å². The molecule has 0 aliphatic carbocycles. The smallest absolute Gasteiger partial charge is 0.387 e. The first-order valence-electron chi connectivity index (χ1n) is 10.6. The highest BCUT2D eigenvalue weighted by Crippen LogP contribution is 2.23. The van der Waals surface area contributed by atoms with E-state index in [4.69, 9.17) is 0 Å². The maximum atomic E-state index is 13.1. The van der Waals surface area contributed by atoms with Gasteiger partial charge in [0.05, 0.1) is 16.7 Å². The van der Waals surface area contributed by atoms with Crippen LogP contribution in [-0.4, -0.2) is 37.3 Å². The summed E-state index contributed by atoms with van der Waals surface area (Å²) >= 11 is 1.21. The molecule has 10 heteroatoms. The van der Waals surface area contributed by atoms with Crippen LogP contribution in [-0.2, 0) is 6.54 Å². The summed E-state index contributed by atoms with van der Waals surface area (Å²) in [5, 5.41) is 9.56. The van der Waals surface area contributed by atoms with Crippen molar-refractivity contribution < 1.29 is 18.3 Å². The summed E-state index contributed by atoms with van der Waals surface area (Å²) in [4.78, 5) is 25.7. The van der Waals surface area contributed by atoms with Crippen molar-refractivity contribution in [3.05, 3.63) is 64.4 Å². The number of ether oxygens (including phenoxy) is 1. The fraction of sp³-hybridized carbons (Fsp3) is 0.304. The molecule has 0 saturated carbocycles. The summed E-state index contributed by atoms with van der Waals surface area (Å²) in [6.45, 7) is -0.283. The number of rotatable bonds is 10. The summed E-state index contributed by atoms with van der Waals surface area (Å²) in [5.74, 6) is 0.309. The fourth-order valence-corrected chi connectivity index (χ4v) is 4.42. The highest BCUT2D eigenvalue weighted by Gasteiger charge is 2.18. The largest absolute Gasteiger partial charge is 0.435 e. The Morgan fingerprint density at radius 2 is 1.85 bits per heavy atom. The molecule has 33 heavy (non-hydrogen) atoms. The lowest BCUT2D eigenvalue weighted by molar-refractivity contribution is -0.0498. The summed E-state index contributed by atoms with van der Waals surface area (Å²) < 4.78 is 32.4. The van der Waals surface area contributed by atoms with Crippen molar-refractivity contribution in [1.29, 1.82) is 0 Å². The van der Waals surface area contributed by atoms with E-state index in [9.17, 15) is 18.4 Å². The predicted molar refractivity (Wildman–Crippen MR) is 122 cm³/mol. The van der Waals surface area contributed by atoms with Crippen molar-refractivity contribution in [3.8, 4) is 5.75 Å². The summed E-state index contributed by atoms with van der Waals surface area (Å²) in [7, 11) is 0. The van der Waals surface area contributed by atoms with Crippen molar-refractivity contribution in [2.75, 3.05) is 5.75 Å². The second-order valence-corrected chi connectivity index (χ2v) is 8.36. The molecule has 172 valence electrons. The number of hydrogen-bond acceptors (Lipinski definition) is 6. The highest BCUT2D eigenvalue weighted by molar-refractivity contribution is 7.99. The molecule has 0 aliphatic rings. The second-order valence-electron chi connectivity index (χ2n) is 7.41. The summed E-state index contributed by atoms with van der Waals surface area (Å²) in [6.07, 6.45) is 2.88. The molecule has 4 aromatic rings. The minimum Gasteiger partial charge on any atom is -0.435 e. The lowest BCUT2D eigenvalue weighted by Crippen LogP contribution is -2.23. The number of benzene rings is 2. The first-order valence-corrected chi connectivity index (χ1v) is 11.6. The topological polar surface area (TPSA) is 78.5 Å². The fourth-order valence-electron chi connectivity index (χ4n) is 3.58. The van der Waals surface area contributed by atoms with Crippen LogP contribution < -0.4 is 10.3 Å². The first kappa shape index (κ1) is 22.9. The molecule has 2 aromatic heterocycles. The van der Waals surface area contributed by atoms with Gasteiger partial charge in [-0.25, -0.2) is 0 Å². The van der Waals surface area contributed by atoms with E-state index in [0.717, 1.165) is 19.3 Å². The van der Waals surface area contributed by atoms with E-state index in [0.29, 0.717) is 33.9 Å². The number of carbonyl (C=O) groups excluding carboxylic acids is 1. The predicted octanol–water partition coefficient (Wildman–Crippen LogP) is 4.81. The van der Waals surface area contributed by atoms with Crippen LogP contribution in [0.25, 0.3) is 16.7 Å². The normalized spacial score (nSPS) is 11.5. The maximum Gasteiger partial charge on any atom is 0.387 e. The molecule has 0 aliphatic heterocycles. The van der Waals surface area contributed by atoms with Crippen LogP contribution in [0.2, 0.25) is 0 Å². The second kappa shape index (κ2) is 10.1. The van der Waals surface area contributed by atoms with Gasteiger partial charge in [-0.1, -0.05) is 43.7 Å². The Balaban J connectivity index is 1.62. The van der Waals surface area contributed by atoms with E-state index in [2.05, 4.69) is 21.9 Å². The highest BCUT2D eigenvalue weighted by atomic mass is 32.2. The molecule has 0 N–H and O–H groups in total. The molecule has 0 atom stereocenters. The van der Waals surface area contributed by atoms with Crippen molar-refractivity contribution in [2.24, 2.45) is 0 Å². The molecule has 0 fully saturated rings. The Bertz CT molecular complexity index is 1340. The Morgan fingerprint density at radius 1 is 1.09 bits per heavy atom. The van der Waals surface area contributed by atoms with Gasteiger partial charge in [0.2, 0.25) is 5.78 Å². The zero-order valence-corrected chi connectivity index (χ0v) is 18.7. The van der Waals surface area contributed by atoms with Gasteiger partial charge < -0.3 is 4.74 Å². The van der Waals surface area contributed by atoms with E-state index in [-0.39, 0.29) is 22.8 Å². The average Bonchev–Trinajstić information content (AvgIpc) is 3.24. The average molecular weight is 473 g/mol. The first-order chi connectivity index (χ1) is 16.0. The number of hydrogen-bond donors (Lipinski definition) is 0. The van der Waals surface area contributed by atoms with Crippen LogP contribution in [0.3, 0.4) is 0 Å². The van der Waals surface area contributed by atoms with E-state index >= 15 is 0 Å². The molecule has 0 amide bonds. The van der Waals surface area contributed by atoms with Gasteiger partial charge in [-0.2, -0.15) is 8.78 Å². The SMILES string of the molecule is CCCCCn1c(=O)c2ccccc2n2c(SCC(=O)c3ccc(OC(F)F)cc3)nnc12. The number of ketones is 1. The van der Waals surface area contributed by atoms with E-state index in [1.165, 1.54) is 36.0 Å². The van der Waals surface area contributed by atoms with Gasteiger partial charge in [0, 0.05) is 12.1 Å². The number of halogens is 2. The minimum absolute atomic E-state index is 0.00910. The molecular formula is C23H22F2N4O3S. The molecule has 0 saturated heterocycles. The summed E-state index contributed by atoms with van der Waals surface area (Å²) in [6, 6.07) is 12.8. The number of fused-ring (bicyclic) bond motifs is 3. The van der Waals surface area contributed by atoms with E-state index < -0.39 is 6.61 Å². The number of carbonyl (C=O) groups is 1. The number of para-hydroxylation sites is 1. The Hall–Kier alpha value is -3.27. The standard InChI is InChI=1S/C23H22F2N4O3S/c1-2-3-6-13-28-20(31)17-7-4-5-8-18(17)29-22(28)26-27-23(29)33-14-19(30)15-9-11-16(12-10-15)32-21(24)25/h4-5,7-12,21H,2-3,6,13-14H2,1H3. The van der Waals surface area contributed by atoms with Gasteiger partial charge in [-0.15, -0.1) is 10.2 Å². The molecule has 0 unspecified atom stereocenters. The molecule has 4 rings (SSSR count). The monoisotopic (exact) mass is 472 g/mol. The zero-order chi connectivity index (χ0) is 23.4. The van der Waals surface area contributed by atoms with Gasteiger partial charge in [-0.3, -0.25) is 18.6 Å². The van der Waals surface area contributed by atoms with Crippen LogP contribution in [0.1, 0.15) is 36.5 Å². The van der Waals surface area contributed by atoms with Gasteiger partial charge in [0.1, 0.15) is 5.75 Å². The molecule has 7 nitrogen and oxygen atoms in total.